The van der Waals surface area contributed by atoms with E-state index < -0.39 is 4.92 Å². The predicted octanol–water partition coefficient (Wildman–Crippen LogP) is 2.51. The molecule has 0 spiro atoms. The van der Waals surface area contributed by atoms with Crippen LogP contribution in [0.2, 0.25) is 0 Å². The molecule has 2 aromatic rings. The fourth-order valence-electron chi connectivity index (χ4n) is 3.30. The zero-order valence-corrected chi connectivity index (χ0v) is 13.1. The Bertz CT molecular complexity index is 859. The SMILES string of the molecule is CC1(C2CCN(C(=O)c3n[nH]c4ccc([N+](=O)[O-])cc34)CC2)N=N1. The molecule has 1 amide bonds. The maximum atomic E-state index is 12.8. The van der Waals surface area contributed by atoms with Crippen molar-refractivity contribution in [3.8, 4) is 0 Å². The molecule has 1 aromatic carbocycles. The Kier molecular flexibility index (Phi) is 3.12. The van der Waals surface area contributed by atoms with E-state index in [9.17, 15) is 14.9 Å². The first-order valence-corrected chi connectivity index (χ1v) is 7.84. The minimum Gasteiger partial charge on any atom is -0.337 e. The number of hydrogen-bond donors (Lipinski definition) is 1. The monoisotopic (exact) mass is 328 g/mol. The van der Waals surface area contributed by atoms with Crippen molar-refractivity contribution >= 4 is 22.5 Å². The summed E-state index contributed by atoms with van der Waals surface area (Å²) in [6, 6.07) is 4.35. The van der Waals surface area contributed by atoms with E-state index in [-0.39, 0.29) is 23.0 Å². The number of carbonyl (C=O) groups is 1. The second-order valence-corrected chi connectivity index (χ2v) is 6.42. The summed E-state index contributed by atoms with van der Waals surface area (Å²) in [6.45, 7) is 3.25. The molecule has 1 N–H and O–H groups in total. The molecule has 2 aliphatic heterocycles. The number of nitrogens with one attached hydrogen (secondary N) is 1. The molecule has 0 bridgehead atoms. The van der Waals surface area contributed by atoms with Gasteiger partial charge < -0.3 is 4.90 Å². The number of nitro groups is 1. The third kappa shape index (κ3) is 2.32. The molecule has 0 saturated carbocycles. The average molecular weight is 328 g/mol. The van der Waals surface area contributed by atoms with Crippen LogP contribution in [-0.4, -0.2) is 44.7 Å². The van der Waals surface area contributed by atoms with Gasteiger partial charge in [-0.25, -0.2) is 0 Å². The van der Waals surface area contributed by atoms with Crippen LogP contribution >= 0.6 is 0 Å². The Morgan fingerprint density at radius 2 is 2.08 bits per heavy atom. The van der Waals surface area contributed by atoms with Crippen LogP contribution in [0.3, 0.4) is 0 Å². The number of piperidine rings is 1. The lowest BCUT2D eigenvalue weighted by molar-refractivity contribution is -0.384. The summed E-state index contributed by atoms with van der Waals surface area (Å²) in [5, 5.41) is 26.4. The number of non-ortho nitro benzene ring substituents is 1. The Morgan fingerprint density at radius 1 is 1.38 bits per heavy atom. The van der Waals surface area contributed by atoms with Gasteiger partial charge in [-0.1, -0.05) is 0 Å². The molecule has 4 rings (SSSR count). The molecule has 1 saturated heterocycles. The number of hydrogen-bond acceptors (Lipinski definition) is 6. The van der Waals surface area contributed by atoms with Gasteiger partial charge in [0, 0.05) is 36.5 Å². The van der Waals surface area contributed by atoms with Crippen LogP contribution in [0.25, 0.3) is 10.9 Å². The van der Waals surface area contributed by atoms with Crippen molar-refractivity contribution in [2.75, 3.05) is 13.1 Å². The number of aromatic amines is 1. The second kappa shape index (κ2) is 5.08. The number of aromatic nitrogens is 2. The van der Waals surface area contributed by atoms with Crippen LogP contribution in [0.1, 0.15) is 30.3 Å². The molecule has 9 heteroatoms. The molecule has 0 atom stereocenters. The van der Waals surface area contributed by atoms with E-state index in [0.717, 1.165) is 12.8 Å². The molecule has 0 aliphatic carbocycles. The molecule has 2 aliphatic rings. The third-order valence-electron chi connectivity index (χ3n) is 4.93. The maximum Gasteiger partial charge on any atom is 0.274 e. The second-order valence-electron chi connectivity index (χ2n) is 6.42. The fraction of sp³-hybridized carbons (Fsp3) is 0.467. The molecule has 9 nitrogen and oxygen atoms in total. The van der Waals surface area contributed by atoms with Crippen LogP contribution in [0.15, 0.2) is 28.4 Å². The zero-order chi connectivity index (χ0) is 16.9. The number of H-pyrrole nitrogens is 1. The largest absolute Gasteiger partial charge is 0.337 e. The van der Waals surface area contributed by atoms with E-state index in [1.54, 1.807) is 11.0 Å². The summed E-state index contributed by atoms with van der Waals surface area (Å²) in [5.74, 6) is 0.175. The van der Waals surface area contributed by atoms with E-state index in [0.29, 0.717) is 29.9 Å². The molecule has 124 valence electrons. The average Bonchev–Trinajstić information content (AvgIpc) is 3.20. The lowest BCUT2D eigenvalue weighted by Gasteiger charge is -2.32. The van der Waals surface area contributed by atoms with Gasteiger partial charge in [-0.3, -0.25) is 20.0 Å². The molecular weight excluding hydrogens is 312 g/mol. The Morgan fingerprint density at radius 3 is 2.71 bits per heavy atom. The standard InChI is InChI=1S/C15H16N6O3/c1-15(18-19-15)9-4-6-20(7-5-9)14(22)13-11-8-10(21(23)24)2-3-12(11)16-17-13/h2-3,8-9H,4-7H2,1H3,(H,16,17). The summed E-state index contributed by atoms with van der Waals surface area (Å²) >= 11 is 0. The first-order chi connectivity index (χ1) is 11.5. The zero-order valence-electron chi connectivity index (χ0n) is 13.1. The highest BCUT2D eigenvalue weighted by Crippen LogP contribution is 2.41. The summed E-state index contributed by atoms with van der Waals surface area (Å²) in [7, 11) is 0. The molecular formula is C15H16N6O3. The molecule has 24 heavy (non-hydrogen) atoms. The van der Waals surface area contributed by atoms with Crippen molar-refractivity contribution < 1.29 is 9.72 Å². The van der Waals surface area contributed by atoms with Gasteiger partial charge in [0.15, 0.2) is 11.4 Å². The molecule has 3 heterocycles. The van der Waals surface area contributed by atoms with Gasteiger partial charge in [0.2, 0.25) is 0 Å². The number of carbonyl (C=O) groups excluding carboxylic acids is 1. The van der Waals surface area contributed by atoms with Crippen LogP contribution < -0.4 is 0 Å². The highest BCUT2D eigenvalue weighted by Gasteiger charge is 2.44. The number of nitro benzene ring substituents is 1. The van der Waals surface area contributed by atoms with Crippen molar-refractivity contribution in [2.24, 2.45) is 16.1 Å². The van der Waals surface area contributed by atoms with Gasteiger partial charge in [0.25, 0.3) is 11.6 Å². The Balaban J connectivity index is 1.55. The molecule has 1 fully saturated rings. The topological polar surface area (TPSA) is 117 Å². The summed E-state index contributed by atoms with van der Waals surface area (Å²) in [5.41, 5.74) is 0.539. The predicted molar refractivity (Wildman–Crippen MR) is 84.6 cm³/mol. The van der Waals surface area contributed by atoms with Gasteiger partial charge in [-0.15, -0.1) is 0 Å². The van der Waals surface area contributed by atoms with Crippen LogP contribution in [0.5, 0.6) is 0 Å². The number of benzene rings is 1. The van der Waals surface area contributed by atoms with E-state index in [4.69, 9.17) is 0 Å². The highest BCUT2D eigenvalue weighted by atomic mass is 16.6. The number of likely N-dealkylation sites (tertiary alicyclic amines) is 1. The first kappa shape index (κ1) is 14.7. The van der Waals surface area contributed by atoms with Crippen LogP contribution in [-0.2, 0) is 0 Å². The van der Waals surface area contributed by atoms with Crippen molar-refractivity contribution in [3.63, 3.8) is 0 Å². The lowest BCUT2D eigenvalue weighted by atomic mass is 9.88. The third-order valence-corrected chi connectivity index (χ3v) is 4.93. The highest BCUT2D eigenvalue weighted by molar-refractivity contribution is 6.05. The van der Waals surface area contributed by atoms with Crippen LogP contribution in [0, 0.1) is 16.0 Å². The smallest absolute Gasteiger partial charge is 0.274 e. The van der Waals surface area contributed by atoms with Gasteiger partial charge in [0.05, 0.1) is 10.4 Å². The van der Waals surface area contributed by atoms with Crippen LogP contribution in [0.4, 0.5) is 5.69 Å². The van der Waals surface area contributed by atoms with Crippen molar-refractivity contribution in [2.45, 2.75) is 25.4 Å². The van der Waals surface area contributed by atoms with Crippen molar-refractivity contribution in [3.05, 3.63) is 34.0 Å². The van der Waals surface area contributed by atoms with E-state index in [1.807, 2.05) is 6.92 Å². The van der Waals surface area contributed by atoms with Crippen molar-refractivity contribution in [1.82, 2.24) is 15.1 Å². The minimum atomic E-state index is -0.477. The summed E-state index contributed by atoms with van der Waals surface area (Å²) in [6.07, 6.45) is 1.69. The van der Waals surface area contributed by atoms with Gasteiger partial charge in [-0.2, -0.15) is 15.3 Å². The van der Waals surface area contributed by atoms with Gasteiger partial charge >= 0.3 is 0 Å². The normalized spacial score (nSPS) is 19.6. The first-order valence-electron chi connectivity index (χ1n) is 7.84. The number of fused-ring (bicyclic) bond motifs is 1. The van der Waals surface area contributed by atoms with E-state index >= 15 is 0 Å². The van der Waals surface area contributed by atoms with E-state index in [2.05, 4.69) is 20.4 Å². The Labute approximate surface area is 136 Å². The minimum absolute atomic E-state index is 0.0541. The summed E-state index contributed by atoms with van der Waals surface area (Å²) < 4.78 is 0. The van der Waals surface area contributed by atoms with Gasteiger partial charge in [0.1, 0.15) is 0 Å². The number of nitrogens with zero attached hydrogens (tertiary/aromatic N) is 5. The Hall–Kier alpha value is -2.84. The maximum absolute atomic E-state index is 12.8. The summed E-state index contributed by atoms with van der Waals surface area (Å²) in [4.78, 5) is 25.0. The van der Waals surface area contributed by atoms with Crippen molar-refractivity contribution in [1.29, 1.82) is 0 Å². The quantitative estimate of drug-likeness (QED) is 0.688. The fourth-order valence-corrected chi connectivity index (χ4v) is 3.30. The molecule has 1 aromatic heterocycles. The lowest BCUT2D eigenvalue weighted by Crippen LogP contribution is -2.41. The molecule has 0 radical (unpaired) electrons. The van der Waals surface area contributed by atoms with E-state index in [1.165, 1.54) is 12.1 Å². The van der Waals surface area contributed by atoms with Gasteiger partial charge in [-0.05, 0) is 25.8 Å². The number of rotatable bonds is 3. The molecule has 0 unspecified atom stereocenters. The number of amides is 1.